The predicted molar refractivity (Wildman–Crippen MR) is 163 cm³/mol. The largest absolute Gasteiger partial charge is 0.416 e. The smallest absolute Gasteiger partial charge is 0.397 e. The third-order valence-electron chi connectivity index (χ3n) is 7.17. The van der Waals surface area contributed by atoms with Crippen molar-refractivity contribution in [1.82, 2.24) is 25.3 Å². The van der Waals surface area contributed by atoms with Crippen LogP contribution in [-0.2, 0) is 11.8 Å². The molecule has 43 heavy (non-hydrogen) atoms. The zero-order valence-electron chi connectivity index (χ0n) is 25.1. The van der Waals surface area contributed by atoms with Gasteiger partial charge in [0, 0.05) is 68.5 Å². The molecule has 1 aliphatic heterocycles. The van der Waals surface area contributed by atoms with Gasteiger partial charge in [0.25, 0.3) is 5.91 Å². The number of aryl methyl sites for hydroxylation is 2. The van der Waals surface area contributed by atoms with E-state index < -0.39 is 17.7 Å². The summed E-state index contributed by atoms with van der Waals surface area (Å²) in [4.78, 5) is 15.2. The van der Waals surface area contributed by atoms with Crippen LogP contribution in [0.15, 0.2) is 66.2 Å². The molecule has 6 N–H and O–H groups in total. The molecule has 1 fully saturated rings. The molecule has 1 saturated heterocycles. The van der Waals surface area contributed by atoms with Gasteiger partial charge in [0.15, 0.2) is 0 Å². The number of alkyl halides is 3. The van der Waals surface area contributed by atoms with E-state index in [1.165, 1.54) is 17.2 Å². The summed E-state index contributed by atoms with van der Waals surface area (Å²) in [6.07, 6.45) is 1.37. The molecule has 1 aromatic carbocycles. The number of ether oxygens (including phenoxy) is 1. The fraction of sp³-hybridized carbons (Fsp3) is 0.400. The van der Waals surface area contributed by atoms with Crippen LogP contribution in [0.25, 0.3) is 5.70 Å². The number of hydrazine groups is 1. The van der Waals surface area contributed by atoms with Gasteiger partial charge in [-0.05, 0) is 50.1 Å². The average Bonchev–Trinajstić information content (AvgIpc) is 3.30. The van der Waals surface area contributed by atoms with Gasteiger partial charge in [-0.15, -0.1) is 0 Å². The van der Waals surface area contributed by atoms with E-state index in [0.717, 1.165) is 29.9 Å². The van der Waals surface area contributed by atoms with Gasteiger partial charge in [0.2, 0.25) is 0 Å². The number of rotatable bonds is 12. The lowest BCUT2D eigenvalue weighted by Gasteiger charge is -2.26. The van der Waals surface area contributed by atoms with E-state index in [4.69, 9.17) is 16.3 Å². The number of carbonyl (C=O) groups excluding carboxylic acids is 1. The number of hydrogen-bond acceptors (Lipinski definition) is 8. The molecule has 0 spiro atoms. The van der Waals surface area contributed by atoms with Crippen molar-refractivity contribution < 1.29 is 22.7 Å². The molecule has 2 heterocycles. The molecule has 0 bridgehead atoms. The Labute approximate surface area is 250 Å². The highest BCUT2D eigenvalue weighted by Gasteiger charge is 2.33. The molecule has 0 unspecified atom stereocenters. The van der Waals surface area contributed by atoms with Gasteiger partial charge in [-0.2, -0.15) is 18.3 Å². The lowest BCUT2D eigenvalue weighted by atomic mass is 10.1. The molecule has 10 nitrogen and oxygen atoms in total. The summed E-state index contributed by atoms with van der Waals surface area (Å²) in [6, 6.07) is 5.00. The number of morpholine rings is 1. The minimum atomic E-state index is -4.58. The van der Waals surface area contributed by atoms with Gasteiger partial charge in [0.1, 0.15) is 0 Å². The van der Waals surface area contributed by atoms with Crippen LogP contribution in [0.1, 0.15) is 34.1 Å². The molecule has 234 valence electrons. The van der Waals surface area contributed by atoms with Crippen molar-refractivity contribution in [1.29, 1.82) is 0 Å². The Kier molecular flexibility index (Phi) is 11.7. The number of carbonyl (C=O) groups is 1. The number of benzene rings is 1. The van der Waals surface area contributed by atoms with Gasteiger partial charge >= 0.3 is 6.18 Å². The number of nitrogens with zero attached hydrogens (tertiary/aromatic N) is 4. The van der Waals surface area contributed by atoms with E-state index in [-0.39, 0.29) is 12.1 Å². The van der Waals surface area contributed by atoms with Crippen molar-refractivity contribution in [2.75, 3.05) is 50.9 Å². The highest BCUT2D eigenvalue weighted by atomic mass is 19.4. The van der Waals surface area contributed by atoms with Crippen LogP contribution in [0.3, 0.4) is 0 Å². The third kappa shape index (κ3) is 9.55. The number of allylic oxidation sites excluding steroid dienone is 3. The lowest BCUT2D eigenvalue weighted by Crippen LogP contribution is -2.40. The van der Waals surface area contributed by atoms with E-state index in [1.54, 1.807) is 42.2 Å². The number of halogens is 3. The summed E-state index contributed by atoms with van der Waals surface area (Å²) in [5.74, 6) is 5.84. The van der Waals surface area contributed by atoms with Crippen molar-refractivity contribution in [3.63, 3.8) is 0 Å². The molecule has 13 heteroatoms. The van der Waals surface area contributed by atoms with Crippen LogP contribution in [0.5, 0.6) is 0 Å². The maximum atomic E-state index is 13.5. The zero-order chi connectivity index (χ0) is 31.7. The first-order chi connectivity index (χ1) is 20.3. The van der Waals surface area contributed by atoms with Crippen LogP contribution in [-0.4, -0.2) is 72.7 Å². The Balaban J connectivity index is 1.69. The van der Waals surface area contributed by atoms with Crippen molar-refractivity contribution in [2.24, 2.45) is 18.6 Å². The first-order valence-corrected chi connectivity index (χ1v) is 13.8. The van der Waals surface area contributed by atoms with Gasteiger partial charge in [-0.3, -0.25) is 19.4 Å². The molecule has 1 aliphatic rings. The number of anilines is 1. The van der Waals surface area contributed by atoms with E-state index in [2.05, 4.69) is 27.2 Å². The zero-order valence-corrected chi connectivity index (χ0v) is 25.1. The molecule has 0 radical (unpaired) electrons. The lowest BCUT2D eigenvalue weighted by molar-refractivity contribution is -0.0891. The monoisotopic (exact) mass is 602 g/mol. The standard InChI is InChI=1S/C30H41F3N8O2/c1-20-6-8-24(16-28(20)41(35)19-27(34)26-18-37-39(5)23(26)4)29(42)38-21(2)7-9-25(22(3)30(31,32)33)17-36-10-11-40-12-14-43-15-13-40/h6-9,16,18-19,36H,3,10-15,17,34-35H2,1-2,4-5H3,(H,38,42)/b21-7+,25-9-,27-19-. The summed E-state index contributed by atoms with van der Waals surface area (Å²) < 4.78 is 47.4. The molecule has 0 aliphatic carbocycles. The SMILES string of the molecule is C=C(/C(=C\C=C(/C)NC(=O)c1ccc(C)c(N(N)/C=C(\N)c2cnn(C)c2C)c1)CNCCN1CCOCC1)C(F)(F)F. The van der Waals surface area contributed by atoms with Crippen LogP contribution in [0.2, 0.25) is 0 Å². The number of nitrogens with one attached hydrogen (secondary N) is 2. The number of amides is 1. The van der Waals surface area contributed by atoms with Crippen molar-refractivity contribution in [3.05, 3.63) is 88.6 Å². The molecule has 0 saturated carbocycles. The molecule has 0 atom stereocenters. The molecular formula is C30H41F3N8O2. The second kappa shape index (κ2) is 15.0. The molecule has 3 rings (SSSR count). The molecule has 1 aromatic heterocycles. The van der Waals surface area contributed by atoms with Gasteiger partial charge in [-0.1, -0.05) is 18.7 Å². The Hall–Kier alpha value is -3.91. The van der Waals surface area contributed by atoms with Crippen LogP contribution in [0.4, 0.5) is 18.9 Å². The Morgan fingerprint density at radius 1 is 1.23 bits per heavy atom. The summed E-state index contributed by atoms with van der Waals surface area (Å²) in [7, 11) is 1.81. The maximum Gasteiger partial charge on any atom is 0.416 e. The van der Waals surface area contributed by atoms with Crippen LogP contribution >= 0.6 is 0 Å². The molecule has 1 amide bonds. The summed E-state index contributed by atoms with van der Waals surface area (Å²) in [6.45, 7) is 12.7. The predicted octanol–water partition coefficient (Wildman–Crippen LogP) is 3.27. The van der Waals surface area contributed by atoms with Crippen molar-refractivity contribution in [2.45, 2.75) is 26.9 Å². The second-order valence-electron chi connectivity index (χ2n) is 10.4. The van der Waals surface area contributed by atoms with Crippen LogP contribution in [0, 0.1) is 13.8 Å². The number of nitrogens with two attached hydrogens (primary N) is 2. The highest BCUT2D eigenvalue weighted by molar-refractivity contribution is 5.96. The second-order valence-corrected chi connectivity index (χ2v) is 10.4. The van der Waals surface area contributed by atoms with Crippen molar-refractivity contribution in [3.8, 4) is 0 Å². The quantitative estimate of drug-likeness (QED) is 0.126. The average molecular weight is 603 g/mol. The Morgan fingerprint density at radius 3 is 2.56 bits per heavy atom. The van der Waals surface area contributed by atoms with Gasteiger partial charge in [0.05, 0.1) is 36.4 Å². The summed E-state index contributed by atoms with van der Waals surface area (Å²) in [5, 5.41) is 11.3. The first kappa shape index (κ1) is 33.6. The Bertz CT molecular complexity index is 1390. The highest BCUT2D eigenvalue weighted by Crippen LogP contribution is 2.29. The first-order valence-electron chi connectivity index (χ1n) is 13.8. The molecule has 2 aromatic rings. The topological polar surface area (TPSA) is 127 Å². The third-order valence-corrected chi connectivity index (χ3v) is 7.17. The minimum Gasteiger partial charge on any atom is -0.397 e. The normalized spacial score (nSPS) is 15.5. The van der Waals surface area contributed by atoms with E-state index in [0.29, 0.717) is 48.9 Å². The fourth-order valence-electron chi connectivity index (χ4n) is 4.35. The summed E-state index contributed by atoms with van der Waals surface area (Å²) in [5.41, 5.74) is 9.30. The van der Waals surface area contributed by atoms with E-state index in [1.807, 2.05) is 20.9 Å². The van der Waals surface area contributed by atoms with E-state index >= 15 is 0 Å². The van der Waals surface area contributed by atoms with Crippen molar-refractivity contribution >= 4 is 17.3 Å². The maximum absolute atomic E-state index is 13.5. The molecular weight excluding hydrogens is 561 g/mol. The fourth-order valence-corrected chi connectivity index (χ4v) is 4.35. The van der Waals surface area contributed by atoms with Gasteiger partial charge in [-0.25, -0.2) is 5.84 Å². The van der Waals surface area contributed by atoms with Gasteiger partial charge < -0.3 is 21.1 Å². The summed E-state index contributed by atoms with van der Waals surface area (Å²) >= 11 is 0. The number of hydrogen-bond donors (Lipinski definition) is 4. The van der Waals surface area contributed by atoms with Crippen LogP contribution < -0.4 is 27.2 Å². The van der Waals surface area contributed by atoms with E-state index in [9.17, 15) is 18.0 Å². The Morgan fingerprint density at radius 2 is 1.93 bits per heavy atom. The minimum absolute atomic E-state index is 0.0206. The number of aromatic nitrogens is 2.